The summed E-state index contributed by atoms with van der Waals surface area (Å²) in [6.07, 6.45) is 4.02. The smallest absolute Gasteiger partial charge is 0.220 e. The van der Waals surface area contributed by atoms with Crippen LogP contribution >= 0.6 is 0 Å². The highest BCUT2D eigenvalue weighted by molar-refractivity contribution is 5.76. The first-order valence-corrected chi connectivity index (χ1v) is 10.8. The number of benzene rings is 2. The fourth-order valence-electron chi connectivity index (χ4n) is 3.19. The maximum Gasteiger partial charge on any atom is 0.220 e. The largest absolute Gasteiger partial charge is 0.497 e. The minimum absolute atomic E-state index is 0.0964. The minimum Gasteiger partial charge on any atom is -0.497 e. The molecule has 2 aromatic carbocycles. The van der Waals surface area contributed by atoms with E-state index in [4.69, 9.17) is 18.6 Å². The zero-order chi connectivity index (χ0) is 23.8. The summed E-state index contributed by atoms with van der Waals surface area (Å²) in [4.78, 5) is 20.8. The van der Waals surface area contributed by atoms with Crippen LogP contribution in [0.3, 0.4) is 0 Å². The van der Waals surface area contributed by atoms with Gasteiger partial charge in [0.2, 0.25) is 11.8 Å². The van der Waals surface area contributed by atoms with Crippen LogP contribution in [0.4, 0.5) is 0 Å². The number of nitrogens with one attached hydrogen (secondary N) is 1. The van der Waals surface area contributed by atoms with Gasteiger partial charge in [-0.25, -0.2) is 9.97 Å². The zero-order valence-corrected chi connectivity index (χ0v) is 19.0. The number of ether oxygens (including phenoxy) is 3. The highest BCUT2D eigenvalue weighted by atomic mass is 16.5. The molecule has 0 saturated carbocycles. The van der Waals surface area contributed by atoms with E-state index in [0.29, 0.717) is 42.0 Å². The van der Waals surface area contributed by atoms with E-state index in [-0.39, 0.29) is 12.3 Å². The van der Waals surface area contributed by atoms with Gasteiger partial charge in [-0.15, -0.1) is 0 Å². The molecule has 0 aliphatic rings. The monoisotopic (exact) mass is 459 g/mol. The van der Waals surface area contributed by atoms with Gasteiger partial charge in [-0.3, -0.25) is 4.79 Å². The minimum atomic E-state index is -0.0964. The highest BCUT2D eigenvalue weighted by Gasteiger charge is 2.10. The molecule has 174 valence electrons. The fourth-order valence-corrected chi connectivity index (χ4v) is 3.19. The number of amides is 1. The van der Waals surface area contributed by atoms with E-state index in [0.717, 1.165) is 16.9 Å². The van der Waals surface area contributed by atoms with Crippen molar-refractivity contribution in [3.05, 3.63) is 84.5 Å². The van der Waals surface area contributed by atoms with Gasteiger partial charge in [-0.05, 0) is 42.0 Å². The van der Waals surface area contributed by atoms with Gasteiger partial charge in [0, 0.05) is 43.3 Å². The second kappa shape index (κ2) is 11.0. The first-order valence-electron chi connectivity index (χ1n) is 10.8. The Morgan fingerprint density at radius 1 is 0.912 bits per heavy atom. The first-order chi connectivity index (χ1) is 16.6. The standard InChI is InChI=1S/C26H25N3O5/c1-31-20-9-7-19(8-10-20)23-17-29-26(34-23)13-11-24(30)27-15-18-6-12-25(28-16-18)33-22-5-3-4-21(14-22)32-2/h3-10,12,14,16-17H,11,13,15H2,1-2H3,(H,27,30). The Hall–Kier alpha value is -4.33. The van der Waals surface area contributed by atoms with Crippen molar-refractivity contribution in [3.8, 4) is 34.5 Å². The number of aryl methyl sites for hydroxylation is 1. The van der Waals surface area contributed by atoms with E-state index in [2.05, 4.69) is 15.3 Å². The quantitative estimate of drug-likeness (QED) is 0.364. The van der Waals surface area contributed by atoms with E-state index in [1.165, 1.54) is 0 Å². The molecule has 8 nitrogen and oxygen atoms in total. The van der Waals surface area contributed by atoms with Gasteiger partial charge in [-0.2, -0.15) is 0 Å². The van der Waals surface area contributed by atoms with Crippen molar-refractivity contribution >= 4 is 5.91 Å². The van der Waals surface area contributed by atoms with Crippen molar-refractivity contribution in [2.45, 2.75) is 19.4 Å². The molecule has 4 rings (SSSR count). The molecular weight excluding hydrogens is 434 g/mol. The number of aromatic nitrogens is 2. The van der Waals surface area contributed by atoms with E-state index in [1.54, 1.807) is 38.7 Å². The van der Waals surface area contributed by atoms with Gasteiger partial charge in [0.1, 0.15) is 17.2 Å². The molecule has 0 aliphatic carbocycles. The van der Waals surface area contributed by atoms with Gasteiger partial charge >= 0.3 is 0 Å². The van der Waals surface area contributed by atoms with Crippen LogP contribution in [0.5, 0.6) is 23.1 Å². The predicted octanol–water partition coefficient (Wildman–Crippen LogP) is 4.80. The van der Waals surface area contributed by atoms with Gasteiger partial charge in [0.05, 0.1) is 20.4 Å². The lowest BCUT2D eigenvalue weighted by Gasteiger charge is -2.08. The van der Waals surface area contributed by atoms with Crippen molar-refractivity contribution in [2.75, 3.05) is 14.2 Å². The van der Waals surface area contributed by atoms with Crippen LogP contribution in [-0.4, -0.2) is 30.1 Å². The second-order valence-corrected chi connectivity index (χ2v) is 7.41. The lowest BCUT2D eigenvalue weighted by molar-refractivity contribution is -0.121. The molecule has 0 unspecified atom stereocenters. The molecule has 0 fully saturated rings. The summed E-state index contributed by atoms with van der Waals surface area (Å²) in [7, 11) is 3.22. The fraction of sp³-hybridized carbons (Fsp3) is 0.192. The number of carbonyl (C=O) groups is 1. The Bertz CT molecular complexity index is 1220. The number of oxazole rings is 1. The third-order valence-corrected chi connectivity index (χ3v) is 5.04. The summed E-state index contributed by atoms with van der Waals surface area (Å²) >= 11 is 0. The Balaban J connectivity index is 1.23. The third-order valence-electron chi connectivity index (χ3n) is 5.04. The Morgan fingerprint density at radius 2 is 1.71 bits per heavy atom. The summed E-state index contributed by atoms with van der Waals surface area (Å²) < 4.78 is 21.9. The number of carbonyl (C=O) groups excluding carboxylic acids is 1. The van der Waals surface area contributed by atoms with Crippen LogP contribution in [0.25, 0.3) is 11.3 Å². The predicted molar refractivity (Wildman–Crippen MR) is 126 cm³/mol. The third kappa shape index (κ3) is 6.13. The number of hydrogen-bond donors (Lipinski definition) is 1. The number of pyridine rings is 1. The van der Waals surface area contributed by atoms with E-state index < -0.39 is 0 Å². The first kappa shape index (κ1) is 22.8. The van der Waals surface area contributed by atoms with Crippen LogP contribution in [0.2, 0.25) is 0 Å². The van der Waals surface area contributed by atoms with Crippen LogP contribution < -0.4 is 19.5 Å². The molecule has 0 bridgehead atoms. The van der Waals surface area contributed by atoms with Gasteiger partial charge in [-0.1, -0.05) is 12.1 Å². The van der Waals surface area contributed by atoms with Crippen molar-refractivity contribution in [2.24, 2.45) is 0 Å². The molecular formula is C26H25N3O5. The summed E-state index contributed by atoms with van der Waals surface area (Å²) in [5.74, 6) is 3.64. The van der Waals surface area contributed by atoms with Crippen LogP contribution in [0.15, 0.2) is 77.5 Å². The molecule has 0 radical (unpaired) electrons. The molecule has 2 heterocycles. The Kier molecular flexibility index (Phi) is 7.39. The lowest BCUT2D eigenvalue weighted by Crippen LogP contribution is -2.23. The molecule has 34 heavy (non-hydrogen) atoms. The van der Waals surface area contributed by atoms with Crippen molar-refractivity contribution < 1.29 is 23.4 Å². The topological polar surface area (TPSA) is 95.7 Å². The average Bonchev–Trinajstić information content (AvgIpc) is 3.36. The number of methoxy groups -OCH3 is 2. The molecule has 1 N–H and O–H groups in total. The molecule has 0 saturated heterocycles. The average molecular weight is 460 g/mol. The highest BCUT2D eigenvalue weighted by Crippen LogP contribution is 2.24. The Morgan fingerprint density at radius 3 is 2.44 bits per heavy atom. The molecule has 0 atom stereocenters. The summed E-state index contributed by atoms with van der Waals surface area (Å²) in [6, 6.07) is 18.4. The van der Waals surface area contributed by atoms with Crippen LogP contribution in [0, 0.1) is 0 Å². The number of rotatable bonds is 10. The van der Waals surface area contributed by atoms with Crippen LogP contribution in [-0.2, 0) is 17.8 Å². The van der Waals surface area contributed by atoms with E-state index in [9.17, 15) is 4.79 Å². The van der Waals surface area contributed by atoms with Crippen molar-refractivity contribution in [3.63, 3.8) is 0 Å². The van der Waals surface area contributed by atoms with Gasteiger partial charge < -0.3 is 23.9 Å². The molecule has 0 aliphatic heterocycles. The second-order valence-electron chi connectivity index (χ2n) is 7.41. The van der Waals surface area contributed by atoms with E-state index >= 15 is 0 Å². The normalized spacial score (nSPS) is 10.5. The maximum atomic E-state index is 12.3. The Labute approximate surface area is 197 Å². The summed E-state index contributed by atoms with van der Waals surface area (Å²) in [5, 5.41) is 2.88. The molecule has 4 aromatic rings. The van der Waals surface area contributed by atoms with Crippen molar-refractivity contribution in [1.82, 2.24) is 15.3 Å². The van der Waals surface area contributed by atoms with Gasteiger partial charge in [0.15, 0.2) is 11.7 Å². The zero-order valence-electron chi connectivity index (χ0n) is 19.0. The molecule has 8 heteroatoms. The van der Waals surface area contributed by atoms with E-state index in [1.807, 2.05) is 48.5 Å². The molecule has 0 spiro atoms. The lowest BCUT2D eigenvalue weighted by atomic mass is 10.2. The summed E-state index contributed by atoms with van der Waals surface area (Å²) in [6.45, 7) is 0.369. The SMILES string of the molecule is COc1ccc(-c2cnc(CCC(=O)NCc3ccc(Oc4cccc(OC)c4)nc3)o2)cc1. The molecule has 1 amide bonds. The van der Waals surface area contributed by atoms with Gasteiger partial charge in [0.25, 0.3) is 0 Å². The maximum absolute atomic E-state index is 12.3. The number of hydrogen-bond acceptors (Lipinski definition) is 7. The van der Waals surface area contributed by atoms with Crippen LogP contribution in [0.1, 0.15) is 17.9 Å². The van der Waals surface area contributed by atoms with Crippen molar-refractivity contribution in [1.29, 1.82) is 0 Å². The summed E-state index contributed by atoms with van der Waals surface area (Å²) in [5.41, 5.74) is 1.76. The molecule has 2 aromatic heterocycles. The number of nitrogens with zero attached hydrogens (tertiary/aromatic N) is 2.